The summed E-state index contributed by atoms with van der Waals surface area (Å²) >= 11 is 0. The molecule has 0 fully saturated rings. The molecule has 22 heavy (non-hydrogen) atoms. The van der Waals surface area contributed by atoms with E-state index in [-0.39, 0.29) is 12.2 Å². The lowest BCUT2D eigenvalue weighted by Gasteiger charge is -2.10. The van der Waals surface area contributed by atoms with Gasteiger partial charge in [-0.25, -0.2) is 21.9 Å². The van der Waals surface area contributed by atoms with Crippen LogP contribution in [-0.2, 0) is 21.4 Å². The van der Waals surface area contributed by atoms with E-state index >= 15 is 0 Å². The van der Waals surface area contributed by atoms with E-state index in [9.17, 15) is 22.0 Å². The largest absolute Gasteiger partial charge is 0.468 e. The Bertz CT molecular complexity index is 765. The van der Waals surface area contributed by atoms with Gasteiger partial charge in [-0.05, 0) is 24.3 Å². The summed E-state index contributed by atoms with van der Waals surface area (Å²) in [5, 5.41) is 2.17. The predicted octanol–water partition coefficient (Wildman–Crippen LogP) is 1.99. The number of benzene rings is 1. The van der Waals surface area contributed by atoms with Gasteiger partial charge in [0.05, 0.1) is 12.8 Å². The first-order valence-electron chi connectivity index (χ1n) is 6.08. The Morgan fingerprint density at radius 2 is 1.91 bits per heavy atom. The van der Waals surface area contributed by atoms with E-state index in [2.05, 4.69) is 5.32 Å². The lowest BCUT2D eigenvalue weighted by atomic mass is 10.3. The second kappa shape index (κ2) is 6.24. The monoisotopic (exact) mass is 330 g/mol. The van der Waals surface area contributed by atoms with E-state index < -0.39 is 32.5 Å². The number of halogens is 2. The minimum Gasteiger partial charge on any atom is -0.468 e. The zero-order valence-electron chi connectivity index (χ0n) is 11.4. The molecule has 2 aromatic rings. The zero-order chi connectivity index (χ0) is 16.3. The molecule has 0 unspecified atom stereocenters. The van der Waals surface area contributed by atoms with Crippen molar-refractivity contribution in [3.05, 3.63) is 47.9 Å². The average Bonchev–Trinajstić information content (AvgIpc) is 2.87. The first kappa shape index (κ1) is 16.1. The maximum absolute atomic E-state index is 13.9. The Morgan fingerprint density at radius 1 is 1.27 bits per heavy atom. The van der Waals surface area contributed by atoms with Gasteiger partial charge in [0.15, 0.2) is 4.90 Å². The number of carbonyl (C=O) groups excluding carboxylic acids is 1. The summed E-state index contributed by atoms with van der Waals surface area (Å²) in [6.07, 6.45) is 1.34. The van der Waals surface area contributed by atoms with Gasteiger partial charge in [0.1, 0.15) is 17.4 Å². The van der Waals surface area contributed by atoms with Crippen LogP contribution in [0.15, 0.2) is 39.8 Å². The molecule has 0 spiro atoms. The number of hydrogen-bond acceptors (Lipinski definition) is 4. The summed E-state index contributed by atoms with van der Waals surface area (Å²) in [6, 6.07) is 4.51. The van der Waals surface area contributed by atoms with Crippen LogP contribution in [-0.4, -0.2) is 14.3 Å². The number of carbonyl (C=O) groups is 1. The van der Waals surface area contributed by atoms with Crippen molar-refractivity contribution in [3.8, 4) is 0 Å². The number of anilines is 1. The van der Waals surface area contributed by atoms with Crippen LogP contribution in [0.25, 0.3) is 0 Å². The fraction of sp³-hybridized carbons (Fsp3) is 0.154. The van der Waals surface area contributed by atoms with Crippen molar-refractivity contribution in [1.29, 1.82) is 0 Å². The average molecular weight is 330 g/mol. The number of nitrogens with one attached hydrogen (secondary N) is 2. The first-order chi connectivity index (χ1) is 10.3. The van der Waals surface area contributed by atoms with Gasteiger partial charge in [-0.15, -0.1) is 0 Å². The summed E-state index contributed by atoms with van der Waals surface area (Å²) in [5.41, 5.74) is -0.174. The molecule has 1 aromatic carbocycles. The molecule has 6 nitrogen and oxygen atoms in total. The van der Waals surface area contributed by atoms with Crippen LogP contribution in [0.2, 0.25) is 0 Å². The van der Waals surface area contributed by atoms with Crippen LogP contribution in [0.4, 0.5) is 14.5 Å². The molecule has 0 saturated carbocycles. The lowest BCUT2D eigenvalue weighted by Crippen LogP contribution is -2.25. The summed E-state index contributed by atoms with van der Waals surface area (Å²) in [4.78, 5) is 9.74. The first-order valence-corrected chi connectivity index (χ1v) is 7.56. The summed E-state index contributed by atoms with van der Waals surface area (Å²) < 4.78 is 58.7. The Kier molecular flexibility index (Phi) is 4.57. The molecule has 0 aliphatic carbocycles. The van der Waals surface area contributed by atoms with E-state index in [4.69, 9.17) is 4.42 Å². The smallest absolute Gasteiger partial charge is 0.246 e. The Labute approximate surface area is 125 Å². The maximum Gasteiger partial charge on any atom is 0.246 e. The third-order valence-electron chi connectivity index (χ3n) is 2.60. The van der Waals surface area contributed by atoms with Crippen molar-refractivity contribution in [3.63, 3.8) is 0 Å². The molecule has 0 saturated heterocycles. The van der Waals surface area contributed by atoms with Gasteiger partial charge in [0, 0.05) is 12.6 Å². The topological polar surface area (TPSA) is 88.4 Å². The van der Waals surface area contributed by atoms with Gasteiger partial charge < -0.3 is 9.73 Å². The Morgan fingerprint density at radius 3 is 2.41 bits per heavy atom. The molecular formula is C13H12F2N2O4S. The Balaban J connectivity index is 2.28. The molecule has 9 heteroatoms. The van der Waals surface area contributed by atoms with Gasteiger partial charge in [0.25, 0.3) is 0 Å². The standard InChI is InChI=1S/C13H12F2N2O4S/c1-8(18)17-9-5-11(14)13(12(15)6-9)22(19,20)16-7-10-3-2-4-21-10/h2-6,16H,7H2,1H3,(H,17,18). The SMILES string of the molecule is CC(=O)Nc1cc(F)c(S(=O)(=O)NCc2ccco2)c(F)c1. The van der Waals surface area contributed by atoms with Gasteiger partial charge in [-0.1, -0.05) is 0 Å². The highest BCUT2D eigenvalue weighted by Crippen LogP contribution is 2.23. The van der Waals surface area contributed by atoms with Gasteiger partial charge in [-0.3, -0.25) is 4.79 Å². The molecule has 0 radical (unpaired) electrons. The molecule has 118 valence electrons. The van der Waals surface area contributed by atoms with Gasteiger partial charge in [0.2, 0.25) is 15.9 Å². The summed E-state index contributed by atoms with van der Waals surface area (Å²) in [6.45, 7) is 0.910. The van der Waals surface area contributed by atoms with Crippen LogP contribution < -0.4 is 10.0 Å². The van der Waals surface area contributed by atoms with Gasteiger partial charge in [-0.2, -0.15) is 0 Å². The predicted molar refractivity (Wildman–Crippen MR) is 73.4 cm³/mol. The second-order valence-corrected chi connectivity index (χ2v) is 6.06. The van der Waals surface area contributed by atoms with Crippen molar-refractivity contribution in [1.82, 2.24) is 4.72 Å². The molecule has 0 aliphatic rings. The normalized spacial score (nSPS) is 11.4. The minimum atomic E-state index is -4.42. The summed E-state index contributed by atoms with van der Waals surface area (Å²) in [5.74, 6) is -2.86. The third kappa shape index (κ3) is 3.68. The second-order valence-electron chi connectivity index (χ2n) is 4.35. The van der Waals surface area contributed by atoms with E-state index in [1.165, 1.54) is 12.3 Å². The molecular weight excluding hydrogens is 318 g/mol. The van der Waals surface area contributed by atoms with Crippen molar-refractivity contribution in [2.75, 3.05) is 5.32 Å². The van der Waals surface area contributed by atoms with E-state index in [0.717, 1.165) is 19.1 Å². The van der Waals surface area contributed by atoms with Crippen molar-refractivity contribution in [2.45, 2.75) is 18.4 Å². The van der Waals surface area contributed by atoms with Crippen molar-refractivity contribution >= 4 is 21.6 Å². The molecule has 2 N–H and O–H groups in total. The number of sulfonamides is 1. The molecule has 0 bridgehead atoms. The van der Waals surface area contributed by atoms with Crippen LogP contribution in [0.3, 0.4) is 0 Å². The third-order valence-corrected chi connectivity index (χ3v) is 4.06. The number of amides is 1. The van der Waals surface area contributed by atoms with Crippen LogP contribution >= 0.6 is 0 Å². The maximum atomic E-state index is 13.9. The van der Waals surface area contributed by atoms with E-state index in [0.29, 0.717) is 5.76 Å². The van der Waals surface area contributed by atoms with Crippen LogP contribution in [0, 0.1) is 11.6 Å². The fourth-order valence-electron chi connectivity index (χ4n) is 1.74. The molecule has 0 atom stereocenters. The number of rotatable bonds is 5. The van der Waals surface area contributed by atoms with Crippen LogP contribution in [0.1, 0.15) is 12.7 Å². The molecule has 2 rings (SSSR count). The molecule has 1 amide bonds. The summed E-state index contributed by atoms with van der Waals surface area (Å²) in [7, 11) is -4.42. The number of furan rings is 1. The fourth-order valence-corrected chi connectivity index (χ4v) is 2.85. The Hall–Kier alpha value is -2.26. The highest BCUT2D eigenvalue weighted by Gasteiger charge is 2.25. The van der Waals surface area contributed by atoms with E-state index in [1.807, 2.05) is 4.72 Å². The highest BCUT2D eigenvalue weighted by molar-refractivity contribution is 7.89. The highest BCUT2D eigenvalue weighted by atomic mass is 32.2. The number of hydrogen-bond donors (Lipinski definition) is 2. The zero-order valence-corrected chi connectivity index (χ0v) is 12.2. The van der Waals surface area contributed by atoms with Crippen molar-refractivity contribution in [2.24, 2.45) is 0 Å². The minimum absolute atomic E-state index is 0.174. The van der Waals surface area contributed by atoms with Crippen molar-refractivity contribution < 1.29 is 26.4 Å². The van der Waals surface area contributed by atoms with E-state index in [1.54, 1.807) is 6.07 Å². The molecule has 1 aromatic heterocycles. The van der Waals surface area contributed by atoms with Gasteiger partial charge >= 0.3 is 0 Å². The van der Waals surface area contributed by atoms with Crippen LogP contribution in [0.5, 0.6) is 0 Å². The quantitative estimate of drug-likeness (QED) is 0.877. The lowest BCUT2D eigenvalue weighted by molar-refractivity contribution is -0.114. The molecule has 0 aliphatic heterocycles. The molecule has 1 heterocycles.